The molecule has 0 saturated carbocycles. The van der Waals surface area contributed by atoms with Crippen molar-refractivity contribution in [2.45, 2.75) is 11.8 Å². The maximum atomic E-state index is 12.6. The molecule has 4 nitrogen and oxygen atoms in total. The average Bonchev–Trinajstić information content (AvgIpc) is 2.41. The zero-order chi connectivity index (χ0) is 14.0. The van der Waals surface area contributed by atoms with Gasteiger partial charge >= 0.3 is 0 Å². The number of aromatic nitrogens is 1. The van der Waals surface area contributed by atoms with Crippen LogP contribution in [-0.4, -0.2) is 20.4 Å². The predicted octanol–water partition coefficient (Wildman–Crippen LogP) is 2.98. The van der Waals surface area contributed by atoms with Gasteiger partial charge in [0.05, 0.1) is 4.90 Å². The zero-order valence-electron chi connectivity index (χ0n) is 10.5. The van der Waals surface area contributed by atoms with Gasteiger partial charge in [0.2, 0.25) is 0 Å². The van der Waals surface area contributed by atoms with Crippen LogP contribution in [0.1, 0.15) is 5.56 Å². The van der Waals surface area contributed by atoms with Crippen LogP contribution in [-0.2, 0) is 10.0 Å². The highest BCUT2D eigenvalue weighted by Crippen LogP contribution is 2.25. The molecule has 6 heteroatoms. The molecule has 0 radical (unpaired) electrons. The second-order valence-corrected chi connectivity index (χ2v) is 6.92. The van der Waals surface area contributed by atoms with E-state index >= 15 is 0 Å². The molecule has 0 amide bonds. The molecule has 0 spiro atoms. The summed E-state index contributed by atoms with van der Waals surface area (Å²) in [5, 5.41) is 0. The van der Waals surface area contributed by atoms with Crippen LogP contribution in [0.5, 0.6) is 0 Å². The average molecular weight is 341 g/mol. The normalized spacial score (nSPS) is 11.3. The van der Waals surface area contributed by atoms with E-state index in [0.717, 1.165) is 4.47 Å². The largest absolute Gasteiger partial charge is 0.265 e. The van der Waals surface area contributed by atoms with E-state index in [4.69, 9.17) is 0 Å². The van der Waals surface area contributed by atoms with Crippen LogP contribution in [0.4, 0.5) is 5.82 Å². The fourth-order valence-corrected chi connectivity index (χ4v) is 3.58. The third-order valence-corrected chi connectivity index (χ3v) is 5.16. The molecule has 0 fully saturated rings. The minimum atomic E-state index is -3.60. The van der Waals surface area contributed by atoms with Gasteiger partial charge in [-0.3, -0.25) is 4.31 Å². The fraction of sp³-hybridized carbons (Fsp3) is 0.154. The summed E-state index contributed by atoms with van der Waals surface area (Å²) in [5.41, 5.74) is 0.700. The van der Waals surface area contributed by atoms with Gasteiger partial charge in [0.15, 0.2) is 0 Å². The Balaban J connectivity index is 2.51. The van der Waals surface area contributed by atoms with Crippen LogP contribution < -0.4 is 4.31 Å². The van der Waals surface area contributed by atoms with E-state index in [2.05, 4.69) is 20.9 Å². The van der Waals surface area contributed by atoms with Gasteiger partial charge in [0, 0.05) is 17.7 Å². The van der Waals surface area contributed by atoms with Gasteiger partial charge in [-0.05, 0) is 36.8 Å². The summed E-state index contributed by atoms with van der Waals surface area (Å²) in [6, 6.07) is 10.3. The minimum absolute atomic E-state index is 0.273. The monoisotopic (exact) mass is 340 g/mol. The second-order valence-electron chi connectivity index (χ2n) is 4.07. The van der Waals surface area contributed by atoms with Gasteiger partial charge in [-0.1, -0.05) is 28.1 Å². The number of hydrogen-bond acceptors (Lipinski definition) is 3. The van der Waals surface area contributed by atoms with Gasteiger partial charge in [0.25, 0.3) is 10.0 Å². The second kappa shape index (κ2) is 5.30. The van der Waals surface area contributed by atoms with E-state index in [1.54, 1.807) is 43.5 Å². The van der Waals surface area contributed by atoms with Crippen molar-refractivity contribution in [1.29, 1.82) is 0 Å². The molecular weight excluding hydrogens is 328 g/mol. The number of anilines is 1. The van der Waals surface area contributed by atoms with Gasteiger partial charge in [-0.2, -0.15) is 0 Å². The molecule has 0 aliphatic heterocycles. The molecule has 1 aromatic heterocycles. The number of sulfonamides is 1. The zero-order valence-corrected chi connectivity index (χ0v) is 12.9. The van der Waals surface area contributed by atoms with Crippen LogP contribution in [0.15, 0.2) is 52.0 Å². The maximum absolute atomic E-state index is 12.6. The van der Waals surface area contributed by atoms with E-state index < -0.39 is 10.0 Å². The molecular formula is C13H13BrN2O2S. The van der Waals surface area contributed by atoms with Crippen molar-refractivity contribution in [1.82, 2.24) is 4.98 Å². The van der Waals surface area contributed by atoms with Crippen molar-refractivity contribution in [3.8, 4) is 0 Å². The Bertz CT molecular complexity index is 687. The Morgan fingerprint density at radius 1 is 1.21 bits per heavy atom. The quantitative estimate of drug-likeness (QED) is 0.862. The van der Waals surface area contributed by atoms with E-state index in [9.17, 15) is 8.42 Å². The molecule has 100 valence electrons. The number of hydrogen-bond donors (Lipinski definition) is 0. The topological polar surface area (TPSA) is 50.3 Å². The molecule has 0 N–H and O–H groups in total. The Kier molecular flexibility index (Phi) is 3.91. The van der Waals surface area contributed by atoms with Crippen LogP contribution in [0.25, 0.3) is 0 Å². The molecule has 2 aromatic rings. The number of aryl methyl sites for hydroxylation is 1. The minimum Gasteiger partial charge on any atom is -0.253 e. The molecule has 0 aliphatic rings. The lowest BCUT2D eigenvalue weighted by Gasteiger charge is -2.19. The number of halogens is 1. The van der Waals surface area contributed by atoms with E-state index in [-0.39, 0.29) is 4.90 Å². The van der Waals surface area contributed by atoms with Gasteiger partial charge < -0.3 is 0 Å². The van der Waals surface area contributed by atoms with Crippen LogP contribution in [0.3, 0.4) is 0 Å². The lowest BCUT2D eigenvalue weighted by Crippen LogP contribution is -2.27. The summed E-state index contributed by atoms with van der Waals surface area (Å²) in [6.45, 7) is 1.77. The molecule has 0 saturated heterocycles. The first-order chi connectivity index (χ1) is 8.93. The van der Waals surface area contributed by atoms with Crippen molar-refractivity contribution in [3.05, 3.63) is 52.6 Å². The molecule has 0 atom stereocenters. The molecule has 1 heterocycles. The summed E-state index contributed by atoms with van der Waals surface area (Å²) in [5.74, 6) is 0.391. The molecule has 1 aromatic carbocycles. The third-order valence-electron chi connectivity index (χ3n) is 2.76. The van der Waals surface area contributed by atoms with Crippen molar-refractivity contribution < 1.29 is 8.42 Å². The first-order valence-corrected chi connectivity index (χ1v) is 7.82. The predicted molar refractivity (Wildman–Crippen MR) is 78.7 cm³/mol. The summed E-state index contributed by atoms with van der Waals surface area (Å²) in [7, 11) is -2.11. The van der Waals surface area contributed by atoms with Crippen molar-refractivity contribution >= 4 is 31.8 Å². The highest BCUT2D eigenvalue weighted by Gasteiger charge is 2.24. The van der Waals surface area contributed by atoms with E-state index in [1.807, 2.05) is 6.07 Å². The lowest BCUT2D eigenvalue weighted by molar-refractivity contribution is 0.593. The van der Waals surface area contributed by atoms with Crippen molar-refractivity contribution in [2.24, 2.45) is 0 Å². The standard InChI is InChI=1S/C13H13BrN2O2S/c1-10-6-7-11(14)9-12(10)19(17,18)16(2)13-5-3-4-8-15-13/h3-9H,1-2H3. The highest BCUT2D eigenvalue weighted by atomic mass is 79.9. The van der Waals surface area contributed by atoms with E-state index in [0.29, 0.717) is 11.4 Å². The van der Waals surface area contributed by atoms with Crippen LogP contribution in [0, 0.1) is 6.92 Å². The molecule has 2 rings (SSSR count). The van der Waals surface area contributed by atoms with Crippen LogP contribution >= 0.6 is 15.9 Å². The smallest absolute Gasteiger partial charge is 0.253 e. The number of rotatable bonds is 3. The molecule has 0 aliphatic carbocycles. The number of benzene rings is 1. The Morgan fingerprint density at radius 2 is 1.95 bits per heavy atom. The van der Waals surface area contributed by atoms with E-state index in [1.165, 1.54) is 11.4 Å². The Labute approximate surface area is 121 Å². The fourth-order valence-electron chi connectivity index (χ4n) is 1.66. The van der Waals surface area contributed by atoms with Gasteiger partial charge in [-0.15, -0.1) is 0 Å². The van der Waals surface area contributed by atoms with Gasteiger partial charge in [-0.25, -0.2) is 13.4 Å². The first kappa shape index (κ1) is 14.0. The van der Waals surface area contributed by atoms with Gasteiger partial charge in [0.1, 0.15) is 5.82 Å². The third kappa shape index (κ3) is 2.79. The summed E-state index contributed by atoms with van der Waals surface area (Å²) < 4.78 is 27.1. The SMILES string of the molecule is Cc1ccc(Br)cc1S(=O)(=O)N(C)c1ccccn1. The summed E-state index contributed by atoms with van der Waals surface area (Å²) in [4.78, 5) is 4.33. The highest BCUT2D eigenvalue weighted by molar-refractivity contribution is 9.10. The molecule has 19 heavy (non-hydrogen) atoms. The summed E-state index contributed by atoms with van der Waals surface area (Å²) >= 11 is 3.30. The maximum Gasteiger partial charge on any atom is 0.265 e. The van der Waals surface area contributed by atoms with Crippen molar-refractivity contribution in [2.75, 3.05) is 11.4 Å². The van der Waals surface area contributed by atoms with Crippen molar-refractivity contribution in [3.63, 3.8) is 0 Å². The number of pyridine rings is 1. The number of nitrogens with zero attached hydrogens (tertiary/aromatic N) is 2. The lowest BCUT2D eigenvalue weighted by atomic mass is 10.2. The molecule has 0 bridgehead atoms. The first-order valence-electron chi connectivity index (χ1n) is 5.59. The van der Waals surface area contributed by atoms with Crippen LogP contribution in [0.2, 0.25) is 0 Å². The Hall–Kier alpha value is -1.40. The summed E-state index contributed by atoms with van der Waals surface area (Å²) in [6.07, 6.45) is 1.56. The Morgan fingerprint density at radius 3 is 2.58 bits per heavy atom. The molecule has 0 unspecified atom stereocenters.